The van der Waals surface area contributed by atoms with Gasteiger partial charge in [-0.15, -0.1) is 0 Å². The van der Waals surface area contributed by atoms with Crippen LogP contribution in [-0.4, -0.2) is 24.1 Å². The van der Waals surface area contributed by atoms with Crippen molar-refractivity contribution < 1.29 is 14.4 Å². The van der Waals surface area contributed by atoms with E-state index in [4.69, 9.17) is 0 Å². The molecule has 100 valence electrons. The van der Waals surface area contributed by atoms with Crippen LogP contribution in [0.15, 0.2) is 23.4 Å². The summed E-state index contributed by atoms with van der Waals surface area (Å²) in [6, 6.07) is 5.35. The maximum Gasteiger partial charge on any atom is 0.258 e. The van der Waals surface area contributed by atoms with E-state index in [2.05, 4.69) is 15.3 Å². The second kappa shape index (κ2) is 5.65. The van der Waals surface area contributed by atoms with Crippen molar-refractivity contribution in [2.45, 2.75) is 26.7 Å². The van der Waals surface area contributed by atoms with E-state index in [1.807, 2.05) is 19.9 Å². The van der Waals surface area contributed by atoms with Gasteiger partial charge >= 0.3 is 0 Å². The maximum absolute atomic E-state index is 11.2. The van der Waals surface area contributed by atoms with E-state index in [0.717, 1.165) is 30.7 Å². The van der Waals surface area contributed by atoms with Crippen molar-refractivity contribution in [2.24, 2.45) is 5.16 Å². The summed E-state index contributed by atoms with van der Waals surface area (Å²) in [5.41, 5.74) is 3.17. The minimum atomic E-state index is -0.289. The molecule has 2 heterocycles. The fourth-order valence-electron chi connectivity index (χ4n) is 1.83. The van der Waals surface area contributed by atoms with E-state index in [1.54, 1.807) is 12.1 Å². The molecule has 19 heavy (non-hydrogen) atoms. The highest BCUT2D eigenvalue weighted by Crippen LogP contribution is 2.17. The molecule has 1 aromatic rings. The van der Waals surface area contributed by atoms with Crippen LogP contribution in [0.4, 0.5) is 0 Å². The molecule has 0 bridgehead atoms. The number of oxime groups is 1. The van der Waals surface area contributed by atoms with Gasteiger partial charge in [0.15, 0.2) is 0 Å². The monoisotopic (exact) mass is 260 g/mol. The number of hydrogen-bond acceptors (Lipinski definition) is 4. The van der Waals surface area contributed by atoms with Crippen LogP contribution < -0.4 is 5.32 Å². The lowest BCUT2D eigenvalue weighted by Gasteiger charge is -1.97. The summed E-state index contributed by atoms with van der Waals surface area (Å²) in [6.45, 7) is 4.76. The van der Waals surface area contributed by atoms with Crippen LogP contribution in [0.25, 0.3) is 0 Å². The second-order valence-corrected chi connectivity index (χ2v) is 4.43. The third-order valence-corrected chi connectivity index (χ3v) is 2.98. The van der Waals surface area contributed by atoms with Crippen molar-refractivity contribution in [3.8, 4) is 0 Å². The van der Waals surface area contributed by atoms with Gasteiger partial charge in [-0.2, -0.15) is 0 Å². The zero-order valence-electron chi connectivity index (χ0n) is 11.0. The molecule has 0 spiro atoms. The first-order valence-electron chi connectivity index (χ1n) is 6.26. The predicted octanol–water partition coefficient (Wildman–Crippen LogP) is 1.92. The average molecular weight is 260 g/mol. The van der Waals surface area contributed by atoms with Gasteiger partial charge in [0.2, 0.25) is 0 Å². The number of imide groups is 1. The van der Waals surface area contributed by atoms with Gasteiger partial charge in [0.25, 0.3) is 11.8 Å². The average Bonchev–Trinajstić information content (AvgIpc) is 2.99. The van der Waals surface area contributed by atoms with Gasteiger partial charge in [-0.1, -0.05) is 18.1 Å². The number of benzene rings is 1. The molecule has 0 aromatic heterocycles. The number of carbonyl (C=O) groups excluding carboxylic acids is 2. The summed E-state index contributed by atoms with van der Waals surface area (Å²) >= 11 is 0. The van der Waals surface area contributed by atoms with E-state index in [0.29, 0.717) is 11.1 Å². The molecule has 0 saturated heterocycles. The molecule has 0 radical (unpaired) electrons. The summed E-state index contributed by atoms with van der Waals surface area (Å²) in [6.07, 6.45) is 1.88. The highest BCUT2D eigenvalue weighted by atomic mass is 16.6. The molecule has 2 aliphatic heterocycles. The van der Waals surface area contributed by atoms with Crippen molar-refractivity contribution in [3.63, 3.8) is 0 Å². The Hall–Kier alpha value is -2.17. The van der Waals surface area contributed by atoms with Crippen molar-refractivity contribution >= 4 is 17.5 Å². The van der Waals surface area contributed by atoms with Crippen LogP contribution in [0, 0.1) is 0 Å². The third-order valence-electron chi connectivity index (χ3n) is 2.98. The van der Waals surface area contributed by atoms with Crippen LogP contribution in [0.2, 0.25) is 0 Å². The molecule has 0 fully saturated rings. The van der Waals surface area contributed by atoms with Crippen molar-refractivity contribution in [2.75, 3.05) is 6.61 Å². The van der Waals surface area contributed by atoms with Gasteiger partial charge in [-0.05, 0) is 31.0 Å². The zero-order valence-corrected chi connectivity index (χ0v) is 11.0. The van der Waals surface area contributed by atoms with Gasteiger partial charge in [0.05, 0.1) is 16.8 Å². The number of fused-ring (bicyclic) bond motifs is 1. The smallest absolute Gasteiger partial charge is 0.258 e. The number of aryl methyl sites for hydroxylation is 1. The minimum Gasteiger partial charge on any atom is -0.395 e. The standard InChI is InChI=1S/C10H9NO2.C4H7NO/c1-2-6-3-4-7-8(5-6)10(13)11-9(7)12;1-4-2-3-6-5-4/h3-5H,2H2,1H3,(H,11,12,13);2-3H2,1H3. The van der Waals surface area contributed by atoms with Gasteiger partial charge in [-0.25, -0.2) is 0 Å². The van der Waals surface area contributed by atoms with Gasteiger partial charge in [0.1, 0.15) is 6.61 Å². The number of amides is 2. The second-order valence-electron chi connectivity index (χ2n) is 4.43. The Labute approximate surface area is 111 Å². The first-order chi connectivity index (χ1) is 9.11. The number of nitrogens with one attached hydrogen (secondary N) is 1. The third kappa shape index (κ3) is 2.99. The largest absolute Gasteiger partial charge is 0.395 e. The lowest BCUT2D eigenvalue weighted by atomic mass is 10.0. The summed E-state index contributed by atoms with van der Waals surface area (Å²) in [5, 5.41) is 5.91. The Morgan fingerprint density at radius 1 is 1.26 bits per heavy atom. The number of carbonyl (C=O) groups is 2. The molecular weight excluding hydrogens is 244 g/mol. The quantitative estimate of drug-likeness (QED) is 0.784. The number of hydrogen-bond donors (Lipinski definition) is 1. The lowest BCUT2D eigenvalue weighted by molar-refractivity contribution is 0.0879. The molecule has 0 saturated carbocycles. The van der Waals surface area contributed by atoms with E-state index in [1.165, 1.54) is 0 Å². The summed E-state index contributed by atoms with van der Waals surface area (Å²) in [7, 11) is 0. The van der Waals surface area contributed by atoms with Gasteiger partial charge in [0, 0.05) is 6.42 Å². The summed E-state index contributed by atoms with van der Waals surface area (Å²) in [4.78, 5) is 27.0. The molecule has 1 aromatic carbocycles. The van der Waals surface area contributed by atoms with E-state index >= 15 is 0 Å². The van der Waals surface area contributed by atoms with Crippen LogP contribution in [0.5, 0.6) is 0 Å². The van der Waals surface area contributed by atoms with Crippen LogP contribution in [0.3, 0.4) is 0 Å². The summed E-state index contributed by atoms with van der Waals surface area (Å²) in [5.74, 6) is -0.571. The Kier molecular flexibility index (Phi) is 3.94. The van der Waals surface area contributed by atoms with Crippen LogP contribution >= 0.6 is 0 Å². The van der Waals surface area contributed by atoms with E-state index in [-0.39, 0.29) is 11.8 Å². The van der Waals surface area contributed by atoms with E-state index in [9.17, 15) is 9.59 Å². The fourth-order valence-corrected chi connectivity index (χ4v) is 1.83. The molecule has 2 aliphatic rings. The Morgan fingerprint density at radius 3 is 2.53 bits per heavy atom. The molecule has 3 rings (SSSR count). The lowest BCUT2D eigenvalue weighted by Crippen LogP contribution is -2.19. The normalized spacial score (nSPS) is 16.0. The van der Waals surface area contributed by atoms with E-state index < -0.39 is 0 Å². The predicted molar refractivity (Wildman–Crippen MR) is 71.3 cm³/mol. The number of nitrogens with zero attached hydrogens (tertiary/aromatic N) is 1. The Bertz CT molecular complexity index is 550. The first-order valence-corrected chi connectivity index (χ1v) is 6.26. The van der Waals surface area contributed by atoms with Crippen molar-refractivity contribution in [3.05, 3.63) is 34.9 Å². The Balaban J connectivity index is 0.000000186. The number of rotatable bonds is 1. The molecule has 2 amide bonds. The zero-order chi connectivity index (χ0) is 13.8. The summed E-state index contributed by atoms with van der Waals surface area (Å²) < 4.78 is 0. The molecule has 0 atom stereocenters. The van der Waals surface area contributed by atoms with Gasteiger partial charge in [-0.3, -0.25) is 14.9 Å². The Morgan fingerprint density at radius 2 is 2.00 bits per heavy atom. The van der Waals surface area contributed by atoms with Crippen LogP contribution in [0.1, 0.15) is 46.5 Å². The molecule has 5 heteroatoms. The van der Waals surface area contributed by atoms with Gasteiger partial charge < -0.3 is 4.84 Å². The SMILES string of the molecule is CC1=NOCC1.CCc1ccc2c(c1)C(=O)NC2=O. The minimum absolute atomic E-state index is 0.282. The fraction of sp³-hybridized carbons (Fsp3) is 0.357. The van der Waals surface area contributed by atoms with Crippen molar-refractivity contribution in [1.82, 2.24) is 5.32 Å². The molecule has 1 N–H and O–H groups in total. The maximum atomic E-state index is 11.2. The molecule has 5 nitrogen and oxygen atoms in total. The topological polar surface area (TPSA) is 67.8 Å². The molecule has 0 aliphatic carbocycles. The molecular formula is C14H16N2O3. The highest BCUT2D eigenvalue weighted by Gasteiger charge is 2.26. The molecule has 0 unspecified atom stereocenters. The van der Waals surface area contributed by atoms with Crippen LogP contribution in [-0.2, 0) is 11.3 Å². The van der Waals surface area contributed by atoms with Crippen molar-refractivity contribution in [1.29, 1.82) is 0 Å². The first kappa shape index (κ1) is 13.3. The highest BCUT2D eigenvalue weighted by molar-refractivity contribution is 6.21.